The number of amides is 1. The van der Waals surface area contributed by atoms with Crippen LogP contribution >= 0.6 is 11.8 Å². The monoisotopic (exact) mass is 387 g/mol. The van der Waals surface area contributed by atoms with Crippen LogP contribution in [-0.2, 0) is 4.79 Å². The second-order valence-corrected chi connectivity index (χ2v) is 7.15. The van der Waals surface area contributed by atoms with Gasteiger partial charge in [0.05, 0.1) is 23.6 Å². The molecule has 0 radical (unpaired) electrons. The molecule has 2 heterocycles. The highest BCUT2D eigenvalue weighted by atomic mass is 32.2. The van der Waals surface area contributed by atoms with Crippen LogP contribution in [0.25, 0.3) is 0 Å². The van der Waals surface area contributed by atoms with Gasteiger partial charge in [0.2, 0.25) is 5.91 Å². The number of fused-ring (bicyclic) bond motifs is 1. The number of aryl methyl sites for hydroxylation is 2. The molecule has 1 aromatic carbocycles. The highest BCUT2D eigenvalue weighted by Gasteiger charge is 2.21. The fourth-order valence-corrected chi connectivity index (χ4v) is 3.77. The summed E-state index contributed by atoms with van der Waals surface area (Å²) in [5, 5.41) is 3.37. The van der Waals surface area contributed by atoms with E-state index in [4.69, 9.17) is 9.47 Å². The molecule has 3 rings (SSSR count). The molecule has 1 aromatic heterocycles. The van der Waals surface area contributed by atoms with Crippen LogP contribution in [0.1, 0.15) is 28.8 Å². The zero-order valence-electron chi connectivity index (χ0n) is 15.4. The SMILES string of the molecule is CC(=O)c1c(C)nc(C)nc1SCC(=O)NCC1COc2ccccc2O1. The Labute approximate surface area is 161 Å². The summed E-state index contributed by atoms with van der Waals surface area (Å²) in [6.45, 7) is 5.73. The number of hydrogen-bond acceptors (Lipinski definition) is 7. The minimum Gasteiger partial charge on any atom is -0.486 e. The van der Waals surface area contributed by atoms with E-state index in [1.54, 1.807) is 13.8 Å². The van der Waals surface area contributed by atoms with Gasteiger partial charge >= 0.3 is 0 Å². The predicted octanol–water partition coefficient (Wildman–Crippen LogP) is 2.34. The molecule has 2 aromatic rings. The van der Waals surface area contributed by atoms with Crippen molar-refractivity contribution in [1.82, 2.24) is 15.3 Å². The second-order valence-electron chi connectivity index (χ2n) is 6.18. The highest BCUT2D eigenvalue weighted by Crippen LogP contribution is 2.30. The average Bonchev–Trinajstić information content (AvgIpc) is 2.63. The molecule has 1 N–H and O–H groups in total. The molecule has 1 amide bonds. The van der Waals surface area contributed by atoms with Crippen molar-refractivity contribution in [2.24, 2.45) is 0 Å². The average molecular weight is 387 g/mol. The molecule has 142 valence electrons. The largest absolute Gasteiger partial charge is 0.486 e. The molecule has 27 heavy (non-hydrogen) atoms. The quantitative estimate of drug-likeness (QED) is 0.462. The fourth-order valence-electron chi connectivity index (χ4n) is 2.77. The van der Waals surface area contributed by atoms with Crippen molar-refractivity contribution < 1.29 is 19.1 Å². The molecule has 0 bridgehead atoms. The van der Waals surface area contributed by atoms with Crippen molar-refractivity contribution in [3.63, 3.8) is 0 Å². The topological polar surface area (TPSA) is 90.4 Å². The smallest absolute Gasteiger partial charge is 0.230 e. The number of aromatic nitrogens is 2. The third-order valence-corrected chi connectivity index (χ3v) is 4.93. The van der Waals surface area contributed by atoms with Crippen molar-refractivity contribution in [2.75, 3.05) is 18.9 Å². The molecule has 1 aliphatic heterocycles. The maximum atomic E-state index is 12.2. The first kappa shape index (κ1) is 19.2. The number of Topliss-reactive ketones (excluding diaryl/α,β-unsaturated/α-hetero) is 1. The van der Waals surface area contributed by atoms with Crippen molar-refractivity contribution in [1.29, 1.82) is 0 Å². The number of carbonyl (C=O) groups excluding carboxylic acids is 2. The van der Waals surface area contributed by atoms with E-state index in [0.717, 1.165) is 0 Å². The van der Waals surface area contributed by atoms with E-state index >= 15 is 0 Å². The van der Waals surface area contributed by atoms with Crippen LogP contribution in [0.3, 0.4) is 0 Å². The van der Waals surface area contributed by atoms with E-state index in [1.165, 1.54) is 18.7 Å². The molecule has 7 nitrogen and oxygen atoms in total. The number of carbonyl (C=O) groups is 2. The van der Waals surface area contributed by atoms with Gasteiger partial charge in [-0.05, 0) is 32.9 Å². The Morgan fingerprint density at radius 1 is 1.22 bits per heavy atom. The van der Waals surface area contributed by atoms with Crippen LogP contribution in [0.15, 0.2) is 29.3 Å². The van der Waals surface area contributed by atoms with Gasteiger partial charge in [0, 0.05) is 0 Å². The normalized spacial score (nSPS) is 15.3. The van der Waals surface area contributed by atoms with Gasteiger partial charge in [-0.3, -0.25) is 9.59 Å². The summed E-state index contributed by atoms with van der Waals surface area (Å²) >= 11 is 1.23. The molecule has 0 aliphatic carbocycles. The zero-order chi connectivity index (χ0) is 19.4. The van der Waals surface area contributed by atoms with Gasteiger partial charge < -0.3 is 14.8 Å². The first-order valence-electron chi connectivity index (χ1n) is 8.58. The minimum atomic E-state index is -0.245. The lowest BCUT2D eigenvalue weighted by Gasteiger charge is -2.26. The molecule has 1 unspecified atom stereocenters. The Kier molecular flexibility index (Phi) is 5.95. The van der Waals surface area contributed by atoms with Crippen LogP contribution in [0.5, 0.6) is 11.5 Å². The molecule has 0 fully saturated rings. The van der Waals surface area contributed by atoms with Crippen molar-refractivity contribution in [3.05, 3.63) is 41.3 Å². The lowest BCUT2D eigenvalue weighted by atomic mass is 10.2. The standard InChI is InChI=1S/C19H21N3O4S/c1-11-18(12(2)23)19(22-13(3)21-11)27-10-17(24)20-8-14-9-25-15-6-4-5-7-16(15)26-14/h4-7,14H,8-10H2,1-3H3,(H,20,24). The Hall–Kier alpha value is -2.61. The van der Waals surface area contributed by atoms with E-state index in [9.17, 15) is 9.59 Å². The van der Waals surface area contributed by atoms with Crippen molar-refractivity contribution in [2.45, 2.75) is 31.9 Å². The molecule has 0 saturated heterocycles. The van der Waals surface area contributed by atoms with Gasteiger partial charge in [0.15, 0.2) is 17.3 Å². The molecule has 1 aliphatic rings. The molecule has 0 spiro atoms. The zero-order valence-corrected chi connectivity index (χ0v) is 16.3. The maximum absolute atomic E-state index is 12.2. The number of ketones is 1. The fraction of sp³-hybridized carbons (Fsp3) is 0.368. The lowest BCUT2D eigenvalue weighted by Crippen LogP contribution is -2.41. The van der Waals surface area contributed by atoms with Crippen LogP contribution in [0, 0.1) is 13.8 Å². The number of ether oxygens (including phenoxy) is 2. The van der Waals surface area contributed by atoms with Crippen LogP contribution in [0.4, 0.5) is 0 Å². The first-order valence-corrected chi connectivity index (χ1v) is 9.56. The van der Waals surface area contributed by atoms with E-state index < -0.39 is 0 Å². The van der Waals surface area contributed by atoms with E-state index in [0.29, 0.717) is 46.8 Å². The second kappa shape index (κ2) is 8.39. The summed E-state index contributed by atoms with van der Waals surface area (Å²) < 4.78 is 11.4. The Morgan fingerprint density at radius 3 is 2.70 bits per heavy atom. The van der Waals surface area contributed by atoms with Crippen LogP contribution in [-0.4, -0.2) is 46.7 Å². The Balaban J connectivity index is 1.53. The number of nitrogens with one attached hydrogen (secondary N) is 1. The Bertz CT molecular complexity index is 872. The number of rotatable bonds is 6. The van der Waals surface area contributed by atoms with Gasteiger partial charge in [0.25, 0.3) is 0 Å². The summed E-state index contributed by atoms with van der Waals surface area (Å²) in [4.78, 5) is 32.6. The predicted molar refractivity (Wildman–Crippen MR) is 102 cm³/mol. The summed E-state index contributed by atoms with van der Waals surface area (Å²) in [6, 6.07) is 7.44. The molecular weight excluding hydrogens is 366 g/mol. The summed E-state index contributed by atoms with van der Waals surface area (Å²) in [5.41, 5.74) is 1.10. The number of hydrogen-bond donors (Lipinski definition) is 1. The summed E-state index contributed by atoms with van der Waals surface area (Å²) in [6.07, 6.45) is -0.245. The van der Waals surface area contributed by atoms with Crippen LogP contribution < -0.4 is 14.8 Å². The minimum absolute atomic E-state index is 0.109. The number of para-hydroxylation sites is 2. The van der Waals surface area contributed by atoms with Gasteiger partial charge in [-0.2, -0.15) is 0 Å². The van der Waals surface area contributed by atoms with Gasteiger partial charge in [-0.15, -0.1) is 0 Å². The molecule has 8 heteroatoms. The summed E-state index contributed by atoms with van der Waals surface area (Å²) in [7, 11) is 0. The molecule has 1 atom stereocenters. The van der Waals surface area contributed by atoms with Crippen LogP contribution in [0.2, 0.25) is 0 Å². The van der Waals surface area contributed by atoms with Gasteiger partial charge in [-0.25, -0.2) is 9.97 Å². The van der Waals surface area contributed by atoms with Crippen molar-refractivity contribution in [3.8, 4) is 11.5 Å². The first-order chi connectivity index (χ1) is 12.9. The van der Waals surface area contributed by atoms with Gasteiger partial charge in [-0.1, -0.05) is 23.9 Å². The number of thioether (sulfide) groups is 1. The van der Waals surface area contributed by atoms with E-state index in [2.05, 4.69) is 15.3 Å². The summed E-state index contributed by atoms with van der Waals surface area (Å²) in [5.74, 6) is 1.84. The third-order valence-electron chi connectivity index (χ3n) is 3.95. The highest BCUT2D eigenvalue weighted by molar-refractivity contribution is 8.00. The number of benzene rings is 1. The molecule has 0 saturated carbocycles. The maximum Gasteiger partial charge on any atom is 0.230 e. The number of nitrogens with zero attached hydrogens (tertiary/aromatic N) is 2. The molecular formula is C19H21N3O4S. The van der Waals surface area contributed by atoms with Crippen molar-refractivity contribution >= 4 is 23.5 Å². The third kappa shape index (κ3) is 4.77. The van der Waals surface area contributed by atoms with E-state index in [1.807, 2.05) is 24.3 Å². The van der Waals surface area contributed by atoms with Gasteiger partial charge in [0.1, 0.15) is 23.6 Å². The lowest BCUT2D eigenvalue weighted by molar-refractivity contribution is -0.119. The van der Waals surface area contributed by atoms with E-state index in [-0.39, 0.29) is 23.5 Å². The Morgan fingerprint density at radius 2 is 1.96 bits per heavy atom.